The van der Waals surface area contributed by atoms with Gasteiger partial charge in [0.2, 0.25) is 6.79 Å². The Labute approximate surface area is 106 Å². The molecule has 1 heterocycles. The predicted molar refractivity (Wildman–Crippen MR) is 65.5 cm³/mol. The molecule has 0 saturated carbocycles. The van der Waals surface area contributed by atoms with E-state index in [1.165, 1.54) is 0 Å². The highest BCUT2D eigenvalue weighted by Gasteiger charge is 2.22. The van der Waals surface area contributed by atoms with Crippen molar-refractivity contribution in [1.82, 2.24) is 0 Å². The van der Waals surface area contributed by atoms with E-state index >= 15 is 0 Å². The molecule has 0 saturated heterocycles. The van der Waals surface area contributed by atoms with Crippen molar-refractivity contribution in [2.24, 2.45) is 0 Å². The van der Waals surface area contributed by atoms with Gasteiger partial charge < -0.3 is 19.3 Å². The number of ether oxygens (including phenoxy) is 3. The number of aliphatic hydroxyl groups is 1. The van der Waals surface area contributed by atoms with Crippen LogP contribution in [0.4, 0.5) is 0 Å². The molecule has 1 aliphatic rings. The number of aliphatic hydroxyl groups excluding tert-OH is 1. The molecule has 1 N–H and O–H groups in total. The number of esters is 1. The third-order valence-corrected chi connectivity index (χ3v) is 2.22. The summed E-state index contributed by atoms with van der Waals surface area (Å²) in [5.74, 6) is 0.474. The fourth-order valence-electron chi connectivity index (χ4n) is 1.44. The van der Waals surface area contributed by atoms with Crippen molar-refractivity contribution >= 4 is 5.97 Å². The van der Waals surface area contributed by atoms with Gasteiger partial charge in [-0.1, -0.05) is 19.9 Å². The summed E-state index contributed by atoms with van der Waals surface area (Å²) in [6.07, 6.45) is -1.28. The van der Waals surface area contributed by atoms with E-state index in [-0.39, 0.29) is 13.4 Å². The van der Waals surface area contributed by atoms with Crippen LogP contribution in [-0.4, -0.2) is 24.5 Å². The summed E-state index contributed by atoms with van der Waals surface area (Å²) in [7, 11) is 0. The summed E-state index contributed by atoms with van der Waals surface area (Å²) in [5.41, 5.74) is 0.433. The summed E-state index contributed by atoms with van der Waals surface area (Å²) in [6, 6.07) is 4.83. The van der Waals surface area contributed by atoms with Crippen molar-refractivity contribution in [2.75, 3.05) is 13.4 Å². The number of benzene rings is 1. The molecule has 18 heavy (non-hydrogen) atoms. The fourth-order valence-corrected chi connectivity index (χ4v) is 1.44. The van der Waals surface area contributed by atoms with Crippen LogP contribution in [0.1, 0.15) is 32.4 Å². The fraction of sp³-hybridized carbons (Fsp3) is 0.462. The van der Waals surface area contributed by atoms with Crippen LogP contribution in [0, 0.1) is 0 Å². The molecule has 1 unspecified atom stereocenters. The summed E-state index contributed by atoms with van der Waals surface area (Å²) in [6.45, 7) is 6.08. The van der Waals surface area contributed by atoms with Crippen LogP contribution in [0.25, 0.3) is 0 Å². The van der Waals surface area contributed by atoms with Crippen LogP contribution in [0.3, 0.4) is 0 Å². The quantitative estimate of drug-likeness (QED) is 0.836. The van der Waals surface area contributed by atoms with Crippen LogP contribution < -0.4 is 9.47 Å². The van der Waals surface area contributed by atoms with Crippen molar-refractivity contribution in [3.05, 3.63) is 23.8 Å². The largest absolute Gasteiger partial charge is 0.464 e. The standard InChI is InChI=1S/C11H12O5.C2H6/c1-2-14-11(13)10(12)7-3-4-8-9(5-7)16-6-15-8;1-2/h3-5,10,12H,2,6H2,1H3;1-2H3. The molecule has 2 rings (SSSR count). The molecule has 0 bridgehead atoms. The molecule has 100 valence electrons. The number of carbonyl (C=O) groups excluding carboxylic acids is 1. The van der Waals surface area contributed by atoms with E-state index in [4.69, 9.17) is 14.2 Å². The minimum absolute atomic E-state index is 0.161. The molecule has 0 aliphatic carbocycles. The van der Waals surface area contributed by atoms with E-state index in [9.17, 15) is 9.90 Å². The Morgan fingerprint density at radius 1 is 1.39 bits per heavy atom. The second-order valence-corrected chi connectivity index (χ2v) is 3.27. The second-order valence-electron chi connectivity index (χ2n) is 3.27. The molecule has 1 aromatic carbocycles. The Hall–Kier alpha value is -1.75. The highest BCUT2D eigenvalue weighted by molar-refractivity contribution is 5.76. The van der Waals surface area contributed by atoms with E-state index < -0.39 is 12.1 Å². The second kappa shape index (κ2) is 6.86. The molecular weight excluding hydrogens is 236 g/mol. The average molecular weight is 254 g/mol. The smallest absolute Gasteiger partial charge is 0.339 e. The van der Waals surface area contributed by atoms with E-state index in [2.05, 4.69) is 0 Å². The zero-order valence-electron chi connectivity index (χ0n) is 10.8. The summed E-state index contributed by atoms with van der Waals surface area (Å²) >= 11 is 0. The van der Waals surface area contributed by atoms with Crippen molar-refractivity contribution in [1.29, 1.82) is 0 Å². The zero-order chi connectivity index (χ0) is 13.5. The first-order chi connectivity index (χ1) is 8.72. The van der Waals surface area contributed by atoms with Gasteiger partial charge in [0.05, 0.1) is 6.61 Å². The van der Waals surface area contributed by atoms with Crippen molar-refractivity contribution in [3.8, 4) is 11.5 Å². The molecule has 0 amide bonds. The molecule has 0 radical (unpaired) electrons. The number of hydrogen-bond acceptors (Lipinski definition) is 5. The van der Waals surface area contributed by atoms with Crippen molar-refractivity contribution < 1.29 is 24.1 Å². The Morgan fingerprint density at radius 2 is 2.06 bits per heavy atom. The highest BCUT2D eigenvalue weighted by Crippen LogP contribution is 2.34. The average Bonchev–Trinajstić information content (AvgIpc) is 2.87. The van der Waals surface area contributed by atoms with Crippen LogP contribution >= 0.6 is 0 Å². The molecule has 5 heteroatoms. The van der Waals surface area contributed by atoms with Gasteiger partial charge in [-0.05, 0) is 24.6 Å². The minimum Gasteiger partial charge on any atom is -0.464 e. The molecule has 5 nitrogen and oxygen atoms in total. The van der Waals surface area contributed by atoms with Crippen molar-refractivity contribution in [3.63, 3.8) is 0 Å². The minimum atomic E-state index is -1.28. The Bertz CT molecular complexity index is 402. The first-order valence-electron chi connectivity index (χ1n) is 5.96. The maximum Gasteiger partial charge on any atom is 0.339 e. The van der Waals surface area contributed by atoms with Gasteiger partial charge in [0.15, 0.2) is 17.6 Å². The third-order valence-electron chi connectivity index (χ3n) is 2.22. The molecule has 0 spiro atoms. The zero-order valence-corrected chi connectivity index (χ0v) is 10.8. The van der Waals surface area contributed by atoms with Crippen LogP contribution in [0.2, 0.25) is 0 Å². The van der Waals surface area contributed by atoms with Crippen molar-refractivity contribution in [2.45, 2.75) is 26.9 Å². The maximum atomic E-state index is 11.3. The molecule has 0 aromatic heterocycles. The Kier molecular flexibility index (Phi) is 5.45. The molecule has 1 aromatic rings. The monoisotopic (exact) mass is 254 g/mol. The lowest BCUT2D eigenvalue weighted by molar-refractivity contribution is -0.153. The molecule has 0 fully saturated rings. The highest BCUT2D eigenvalue weighted by atomic mass is 16.7. The van der Waals surface area contributed by atoms with Crippen LogP contribution in [-0.2, 0) is 9.53 Å². The normalized spacial score (nSPS) is 13.3. The summed E-state index contributed by atoms with van der Waals surface area (Å²) < 4.78 is 15.0. The molecular formula is C13H18O5. The number of carbonyl (C=O) groups is 1. The van der Waals surface area contributed by atoms with E-state index in [0.29, 0.717) is 17.1 Å². The van der Waals surface area contributed by atoms with Gasteiger partial charge in [-0.2, -0.15) is 0 Å². The van der Waals surface area contributed by atoms with Gasteiger partial charge >= 0.3 is 5.97 Å². The van der Waals surface area contributed by atoms with Gasteiger partial charge in [-0.3, -0.25) is 0 Å². The third kappa shape index (κ3) is 3.13. The van der Waals surface area contributed by atoms with Crippen LogP contribution in [0.5, 0.6) is 11.5 Å². The Balaban J connectivity index is 0.000000771. The Morgan fingerprint density at radius 3 is 2.72 bits per heavy atom. The number of fused-ring (bicyclic) bond motifs is 1. The summed E-state index contributed by atoms with van der Waals surface area (Å²) in [4.78, 5) is 11.3. The van der Waals surface area contributed by atoms with Gasteiger partial charge in [0, 0.05) is 0 Å². The number of rotatable bonds is 3. The van der Waals surface area contributed by atoms with Crippen LogP contribution in [0.15, 0.2) is 18.2 Å². The van der Waals surface area contributed by atoms with E-state index in [0.717, 1.165) is 0 Å². The molecule has 1 aliphatic heterocycles. The lowest BCUT2D eigenvalue weighted by atomic mass is 10.1. The van der Waals surface area contributed by atoms with E-state index in [1.807, 2.05) is 13.8 Å². The predicted octanol–water partition coefficient (Wildman–Crippen LogP) is 2.04. The van der Waals surface area contributed by atoms with E-state index in [1.54, 1.807) is 25.1 Å². The topological polar surface area (TPSA) is 65.0 Å². The maximum absolute atomic E-state index is 11.3. The summed E-state index contributed by atoms with van der Waals surface area (Å²) in [5, 5.41) is 9.68. The first-order valence-corrected chi connectivity index (χ1v) is 5.96. The van der Waals surface area contributed by atoms with Gasteiger partial charge in [0.1, 0.15) is 0 Å². The van der Waals surface area contributed by atoms with Gasteiger partial charge in [0.25, 0.3) is 0 Å². The SMILES string of the molecule is CC.CCOC(=O)C(O)c1ccc2c(c1)OCO2. The first kappa shape index (κ1) is 14.3. The van der Waals surface area contributed by atoms with Gasteiger partial charge in [-0.15, -0.1) is 0 Å². The number of hydrogen-bond donors (Lipinski definition) is 1. The molecule has 1 atom stereocenters. The lowest BCUT2D eigenvalue weighted by Gasteiger charge is -2.10. The van der Waals surface area contributed by atoms with Gasteiger partial charge in [-0.25, -0.2) is 4.79 Å². The lowest BCUT2D eigenvalue weighted by Crippen LogP contribution is -2.15.